The summed E-state index contributed by atoms with van der Waals surface area (Å²) in [6.45, 7) is 2.40. The van der Waals surface area contributed by atoms with E-state index < -0.39 is 0 Å². The molecule has 134 valence electrons. The van der Waals surface area contributed by atoms with E-state index in [4.69, 9.17) is 5.73 Å². The van der Waals surface area contributed by atoms with Crippen LogP contribution in [0.2, 0.25) is 0 Å². The maximum Gasteiger partial charge on any atom is 0.267 e. The van der Waals surface area contributed by atoms with Gasteiger partial charge in [-0.05, 0) is 44.2 Å². The van der Waals surface area contributed by atoms with Gasteiger partial charge in [0, 0.05) is 36.0 Å². The summed E-state index contributed by atoms with van der Waals surface area (Å²) in [5.74, 6) is -0.0466. The van der Waals surface area contributed by atoms with Gasteiger partial charge in [-0.1, -0.05) is 18.2 Å². The van der Waals surface area contributed by atoms with Gasteiger partial charge in [0.15, 0.2) is 0 Å². The van der Waals surface area contributed by atoms with Crippen LogP contribution in [0, 0.1) is 6.92 Å². The third-order valence-electron chi connectivity index (χ3n) is 4.91. The molecule has 1 aliphatic carbocycles. The van der Waals surface area contributed by atoms with E-state index in [0.717, 1.165) is 42.1 Å². The number of rotatable bonds is 5. The fourth-order valence-electron chi connectivity index (χ4n) is 3.51. The van der Waals surface area contributed by atoms with Crippen molar-refractivity contribution >= 4 is 22.7 Å². The van der Waals surface area contributed by atoms with Gasteiger partial charge in [0.2, 0.25) is 5.91 Å². The number of nitrogens with one attached hydrogen (secondary N) is 3. The molecule has 0 radical (unpaired) electrons. The molecule has 1 heterocycles. The van der Waals surface area contributed by atoms with Gasteiger partial charge in [-0.3, -0.25) is 9.59 Å². The number of nitrogens with two attached hydrogens (primary N) is 1. The van der Waals surface area contributed by atoms with Crippen LogP contribution in [-0.4, -0.2) is 35.4 Å². The van der Waals surface area contributed by atoms with Gasteiger partial charge in [0.1, 0.15) is 5.69 Å². The number of benzene rings is 1. The molecule has 3 rings (SSSR count). The Hall–Kier alpha value is -2.34. The van der Waals surface area contributed by atoms with Crippen LogP contribution >= 0.6 is 0 Å². The topological polar surface area (TPSA) is 100 Å². The maximum atomic E-state index is 12.5. The van der Waals surface area contributed by atoms with E-state index in [0.29, 0.717) is 18.7 Å². The maximum absolute atomic E-state index is 12.5. The van der Waals surface area contributed by atoms with Crippen LogP contribution in [-0.2, 0) is 4.79 Å². The zero-order valence-corrected chi connectivity index (χ0v) is 14.6. The van der Waals surface area contributed by atoms with Crippen LogP contribution in [0.5, 0.6) is 0 Å². The quantitative estimate of drug-likeness (QED) is 0.668. The van der Waals surface area contributed by atoms with Gasteiger partial charge < -0.3 is 21.4 Å². The van der Waals surface area contributed by atoms with E-state index in [9.17, 15) is 9.59 Å². The van der Waals surface area contributed by atoms with E-state index in [1.54, 1.807) is 0 Å². The fraction of sp³-hybridized carbons (Fsp3) is 0.474. The smallest absolute Gasteiger partial charge is 0.267 e. The van der Waals surface area contributed by atoms with Crippen molar-refractivity contribution in [2.24, 2.45) is 5.73 Å². The van der Waals surface area contributed by atoms with E-state index in [1.165, 1.54) is 0 Å². The molecular weight excluding hydrogens is 316 g/mol. The van der Waals surface area contributed by atoms with Crippen LogP contribution in [0.4, 0.5) is 0 Å². The molecule has 0 saturated heterocycles. The molecule has 6 nitrogen and oxygen atoms in total. The Balaban J connectivity index is 1.53. The lowest BCUT2D eigenvalue weighted by molar-refractivity contribution is -0.121. The lowest BCUT2D eigenvalue weighted by atomic mass is 9.91. The highest BCUT2D eigenvalue weighted by atomic mass is 16.2. The predicted molar refractivity (Wildman–Crippen MR) is 98.4 cm³/mol. The summed E-state index contributed by atoms with van der Waals surface area (Å²) in [5, 5.41) is 7.18. The van der Waals surface area contributed by atoms with Crippen molar-refractivity contribution in [3.63, 3.8) is 0 Å². The Morgan fingerprint density at radius 2 is 1.84 bits per heavy atom. The summed E-state index contributed by atoms with van der Waals surface area (Å²) < 4.78 is 0. The number of para-hydroxylation sites is 1. The molecule has 0 bridgehead atoms. The third-order valence-corrected chi connectivity index (χ3v) is 4.91. The molecule has 1 aromatic carbocycles. The third kappa shape index (κ3) is 4.20. The van der Waals surface area contributed by atoms with Gasteiger partial charge >= 0.3 is 0 Å². The molecule has 2 amide bonds. The number of hydrogen-bond acceptors (Lipinski definition) is 3. The molecule has 0 aliphatic heterocycles. The zero-order valence-electron chi connectivity index (χ0n) is 14.6. The SMILES string of the molecule is Cc1cccc2cc(C(=O)N[C@H]3CC[C@@H](NC(=O)CCN)CC3)[nH]c12. The summed E-state index contributed by atoms with van der Waals surface area (Å²) in [6, 6.07) is 8.28. The first kappa shape index (κ1) is 17.5. The number of aryl methyl sites for hydroxylation is 1. The predicted octanol–water partition coefficient (Wildman–Crippen LogP) is 1.98. The second kappa shape index (κ2) is 7.70. The lowest BCUT2D eigenvalue weighted by Gasteiger charge is -2.29. The Morgan fingerprint density at radius 3 is 2.48 bits per heavy atom. The molecule has 25 heavy (non-hydrogen) atoms. The summed E-state index contributed by atoms with van der Waals surface area (Å²) >= 11 is 0. The van der Waals surface area contributed by atoms with Crippen LogP contribution in [0.3, 0.4) is 0 Å². The number of carbonyl (C=O) groups excluding carboxylic acids is 2. The standard InChI is InChI=1S/C19H26N4O2/c1-12-3-2-4-13-11-16(23-18(12)13)19(25)22-15-7-5-14(6-8-15)21-17(24)9-10-20/h2-4,11,14-15,23H,5-10,20H2,1H3,(H,21,24)(H,22,25)/t14-,15+. The van der Waals surface area contributed by atoms with Crippen LogP contribution < -0.4 is 16.4 Å². The first-order valence-electron chi connectivity index (χ1n) is 8.95. The summed E-state index contributed by atoms with van der Waals surface area (Å²) in [6.07, 6.45) is 3.88. The van der Waals surface area contributed by atoms with E-state index in [-0.39, 0.29) is 23.9 Å². The largest absolute Gasteiger partial charge is 0.353 e. The lowest BCUT2D eigenvalue weighted by Crippen LogP contribution is -2.44. The van der Waals surface area contributed by atoms with Gasteiger partial charge in [-0.25, -0.2) is 0 Å². The van der Waals surface area contributed by atoms with E-state index in [1.807, 2.05) is 31.2 Å². The van der Waals surface area contributed by atoms with Crippen molar-refractivity contribution in [3.8, 4) is 0 Å². The number of amides is 2. The molecule has 1 saturated carbocycles. The van der Waals surface area contributed by atoms with Crippen molar-refractivity contribution in [1.29, 1.82) is 0 Å². The van der Waals surface area contributed by atoms with Crippen molar-refractivity contribution in [2.45, 2.75) is 51.1 Å². The van der Waals surface area contributed by atoms with E-state index >= 15 is 0 Å². The van der Waals surface area contributed by atoms with Crippen molar-refractivity contribution < 1.29 is 9.59 Å². The highest BCUT2D eigenvalue weighted by Crippen LogP contribution is 2.21. The molecule has 5 N–H and O–H groups in total. The van der Waals surface area contributed by atoms with E-state index in [2.05, 4.69) is 15.6 Å². The van der Waals surface area contributed by atoms with Crippen molar-refractivity contribution in [1.82, 2.24) is 15.6 Å². The molecule has 1 aliphatic rings. The second-order valence-electron chi connectivity index (χ2n) is 6.85. The van der Waals surface area contributed by atoms with Gasteiger partial charge in [-0.2, -0.15) is 0 Å². The Kier molecular flexibility index (Phi) is 5.38. The molecule has 0 unspecified atom stereocenters. The molecular formula is C19H26N4O2. The molecule has 0 spiro atoms. The summed E-state index contributed by atoms with van der Waals surface area (Å²) in [7, 11) is 0. The number of aromatic amines is 1. The minimum absolute atomic E-state index is 0.0171. The number of hydrogen-bond donors (Lipinski definition) is 4. The normalized spacial score (nSPS) is 20.4. The molecule has 0 atom stereocenters. The monoisotopic (exact) mass is 342 g/mol. The average Bonchev–Trinajstić information content (AvgIpc) is 3.03. The minimum Gasteiger partial charge on any atom is -0.353 e. The van der Waals surface area contributed by atoms with Gasteiger partial charge in [0.25, 0.3) is 5.91 Å². The van der Waals surface area contributed by atoms with Gasteiger partial charge in [0.05, 0.1) is 0 Å². The summed E-state index contributed by atoms with van der Waals surface area (Å²) in [5.41, 5.74) is 8.14. The zero-order chi connectivity index (χ0) is 17.8. The number of aromatic nitrogens is 1. The Bertz CT molecular complexity index is 760. The first-order valence-corrected chi connectivity index (χ1v) is 8.95. The molecule has 2 aromatic rings. The second-order valence-corrected chi connectivity index (χ2v) is 6.85. The molecule has 1 aromatic heterocycles. The van der Waals surface area contributed by atoms with Crippen molar-refractivity contribution in [2.75, 3.05) is 6.54 Å². The highest BCUT2D eigenvalue weighted by molar-refractivity contribution is 5.98. The van der Waals surface area contributed by atoms with Crippen molar-refractivity contribution in [3.05, 3.63) is 35.5 Å². The highest BCUT2D eigenvalue weighted by Gasteiger charge is 2.24. The van der Waals surface area contributed by atoms with Gasteiger partial charge in [-0.15, -0.1) is 0 Å². The van der Waals surface area contributed by atoms with Crippen LogP contribution in [0.15, 0.2) is 24.3 Å². The Labute approximate surface area is 147 Å². The number of H-pyrrole nitrogens is 1. The summed E-state index contributed by atoms with van der Waals surface area (Å²) in [4.78, 5) is 27.3. The van der Waals surface area contributed by atoms with Crippen LogP contribution in [0.25, 0.3) is 10.9 Å². The van der Waals surface area contributed by atoms with Crippen LogP contribution in [0.1, 0.15) is 48.2 Å². The fourth-order valence-corrected chi connectivity index (χ4v) is 3.51. The average molecular weight is 342 g/mol. The molecule has 6 heteroatoms. The number of fused-ring (bicyclic) bond motifs is 1. The first-order chi connectivity index (χ1) is 12.1. The number of carbonyl (C=O) groups is 2. The molecule has 1 fully saturated rings. The Morgan fingerprint density at radius 1 is 1.16 bits per heavy atom. The minimum atomic E-state index is -0.0637.